The maximum absolute atomic E-state index is 9.54. The molecule has 73 heavy (non-hydrogen) atoms. The van der Waals surface area contributed by atoms with Crippen LogP contribution in [0.25, 0.3) is 120 Å². The molecule has 4 heteroatoms. The number of rotatable bonds is 10. The molecule has 1 aliphatic carbocycles. The lowest BCUT2D eigenvalue weighted by atomic mass is 9.67. The van der Waals surface area contributed by atoms with Crippen LogP contribution in [0.5, 0.6) is 11.5 Å². The quantitative estimate of drug-likeness (QED) is 0.134. The normalized spacial score (nSPS) is 13.1. The molecule has 0 aromatic heterocycles. The van der Waals surface area contributed by atoms with Gasteiger partial charge in [0.2, 0.25) is 0 Å². The zero-order valence-electron chi connectivity index (χ0n) is 39.8. The topological polar surface area (TPSA) is 58.9 Å². The van der Waals surface area contributed by atoms with Crippen LogP contribution in [0.4, 0.5) is 0 Å². The largest absolute Gasteiger partial charge is 0.491 e. The van der Waals surface area contributed by atoms with Crippen molar-refractivity contribution in [3.05, 3.63) is 241 Å². The summed E-state index contributed by atoms with van der Waals surface area (Å²) in [5, 5.41) is 38.7. The molecule has 2 N–H and O–H groups in total. The molecule has 0 radical (unpaired) electrons. The van der Waals surface area contributed by atoms with Crippen molar-refractivity contribution in [3.63, 3.8) is 0 Å². The molecule has 346 valence electrons. The van der Waals surface area contributed by atoms with Gasteiger partial charge in [0.15, 0.2) is 0 Å². The molecule has 0 fully saturated rings. The molecule has 0 unspecified atom stereocenters. The first-order chi connectivity index (χ1) is 36.0. The van der Waals surface area contributed by atoms with Crippen molar-refractivity contribution in [1.82, 2.24) is 0 Å². The Morgan fingerprint density at radius 1 is 0.301 bits per heavy atom. The molecule has 4 nitrogen and oxygen atoms in total. The average molecular weight is 939 g/mol. The minimum Gasteiger partial charge on any atom is -0.491 e. The van der Waals surface area contributed by atoms with Crippen LogP contribution in [0.3, 0.4) is 0 Å². The van der Waals surface area contributed by atoms with Gasteiger partial charge in [-0.05, 0) is 190 Å². The third-order valence-corrected chi connectivity index (χ3v) is 16.0. The molecular formula is C69H46O4. The molecule has 0 aliphatic heterocycles. The second kappa shape index (κ2) is 16.1. The number of aliphatic hydroxyl groups is 2. The van der Waals surface area contributed by atoms with E-state index in [0.717, 1.165) is 44.2 Å². The Labute approximate surface area is 421 Å². The molecule has 0 saturated carbocycles. The highest BCUT2D eigenvalue weighted by Crippen LogP contribution is 2.59. The standard InChI is InChI=1S/C69H46O4/c70-31-33-72-55-23-13-47-35-53(21-11-49(47)37-55)69(54-22-12-50-38-56(73-34-32-71)24-14-48(50)36-54)63-29-19-51(57-25-15-45-9-7-41-3-1-5-43-17-27-59(57)67(45)65(41)43)39-61(63)62-40-52(20-30-64(62)69)58-26-16-46-10-8-42-4-2-6-44-18-28-60(58)68(46)66(42)44/h1-30,35-40,70-71H,31-34H2. The van der Waals surface area contributed by atoms with Crippen molar-refractivity contribution in [1.29, 1.82) is 0 Å². The zero-order valence-corrected chi connectivity index (χ0v) is 39.8. The summed E-state index contributed by atoms with van der Waals surface area (Å²) in [4.78, 5) is 0. The van der Waals surface area contributed by atoms with Gasteiger partial charge >= 0.3 is 0 Å². The summed E-state index contributed by atoms with van der Waals surface area (Å²) >= 11 is 0. The molecule has 0 bridgehead atoms. The van der Waals surface area contributed by atoms with E-state index in [1.54, 1.807) is 0 Å². The van der Waals surface area contributed by atoms with E-state index < -0.39 is 5.41 Å². The third kappa shape index (κ3) is 6.21. The monoisotopic (exact) mass is 938 g/mol. The fourth-order valence-corrected chi connectivity index (χ4v) is 12.9. The zero-order chi connectivity index (χ0) is 48.4. The first-order valence-corrected chi connectivity index (χ1v) is 25.2. The highest BCUT2D eigenvalue weighted by atomic mass is 16.5. The SMILES string of the molecule is OCCOc1ccc2cc(C3(c4ccc5cc(OCCO)ccc5c4)c4ccc(-c5ccc6ccc7cccc8ccc5c6c78)cc4-c4cc(-c5ccc6ccc7cccc8ccc5c6c78)ccc43)ccc2c1. The first-order valence-electron chi connectivity index (χ1n) is 25.2. The highest BCUT2D eigenvalue weighted by Gasteiger charge is 2.47. The number of hydrogen-bond donors (Lipinski definition) is 2. The number of benzene rings is 14. The van der Waals surface area contributed by atoms with E-state index in [4.69, 9.17) is 9.47 Å². The lowest BCUT2D eigenvalue weighted by Gasteiger charge is -2.34. The maximum Gasteiger partial charge on any atom is 0.120 e. The lowest BCUT2D eigenvalue weighted by molar-refractivity contribution is 0.201. The first kappa shape index (κ1) is 41.9. The van der Waals surface area contributed by atoms with Crippen molar-refractivity contribution in [2.24, 2.45) is 0 Å². The van der Waals surface area contributed by atoms with E-state index in [1.165, 1.54) is 109 Å². The van der Waals surface area contributed by atoms with Gasteiger partial charge in [-0.25, -0.2) is 0 Å². The van der Waals surface area contributed by atoms with Crippen LogP contribution >= 0.6 is 0 Å². The molecular weight excluding hydrogens is 893 g/mol. The van der Waals surface area contributed by atoms with Crippen molar-refractivity contribution in [3.8, 4) is 44.9 Å². The molecule has 0 spiro atoms. The minimum atomic E-state index is -0.729. The summed E-state index contributed by atoms with van der Waals surface area (Å²) < 4.78 is 11.8. The van der Waals surface area contributed by atoms with Gasteiger partial charge in [-0.15, -0.1) is 0 Å². The van der Waals surface area contributed by atoms with Crippen molar-refractivity contribution < 1.29 is 19.7 Å². The van der Waals surface area contributed by atoms with Crippen LogP contribution in [-0.2, 0) is 5.41 Å². The summed E-state index contributed by atoms with van der Waals surface area (Å²) in [6.07, 6.45) is 0. The van der Waals surface area contributed by atoms with Crippen molar-refractivity contribution in [2.75, 3.05) is 26.4 Å². The lowest BCUT2D eigenvalue weighted by Crippen LogP contribution is -2.28. The summed E-state index contributed by atoms with van der Waals surface area (Å²) in [5.74, 6) is 1.46. The van der Waals surface area contributed by atoms with Gasteiger partial charge in [-0.2, -0.15) is 0 Å². The summed E-state index contributed by atoms with van der Waals surface area (Å²) in [6.45, 7) is 0.394. The highest BCUT2D eigenvalue weighted by molar-refractivity contribution is 6.27. The molecule has 0 saturated heterocycles. The summed E-state index contributed by atoms with van der Waals surface area (Å²) in [6, 6.07) is 81.3. The van der Waals surface area contributed by atoms with Gasteiger partial charge in [0.1, 0.15) is 24.7 Å². The second-order valence-electron chi connectivity index (χ2n) is 19.8. The smallest absolute Gasteiger partial charge is 0.120 e. The van der Waals surface area contributed by atoms with Gasteiger partial charge < -0.3 is 19.7 Å². The number of hydrogen-bond acceptors (Lipinski definition) is 4. The Hall–Kier alpha value is -8.80. The van der Waals surface area contributed by atoms with Crippen molar-refractivity contribution >= 4 is 86.2 Å². The second-order valence-corrected chi connectivity index (χ2v) is 19.8. The Morgan fingerprint density at radius 3 is 1.11 bits per heavy atom. The molecule has 14 aromatic rings. The summed E-state index contributed by atoms with van der Waals surface area (Å²) in [7, 11) is 0. The van der Waals surface area contributed by atoms with E-state index in [0.29, 0.717) is 0 Å². The molecule has 14 aromatic carbocycles. The number of fused-ring (bicyclic) bond motifs is 5. The Bertz CT molecular complexity index is 4230. The van der Waals surface area contributed by atoms with Crippen LogP contribution in [0.2, 0.25) is 0 Å². The Morgan fingerprint density at radius 2 is 0.671 bits per heavy atom. The number of ether oxygens (including phenoxy) is 2. The van der Waals surface area contributed by atoms with Gasteiger partial charge in [-0.1, -0.05) is 170 Å². The predicted octanol–water partition coefficient (Wildman–Crippen LogP) is 16.2. The Balaban J connectivity index is 1.01. The predicted molar refractivity (Wildman–Crippen MR) is 302 cm³/mol. The van der Waals surface area contributed by atoms with E-state index in [-0.39, 0.29) is 26.4 Å². The molecule has 0 heterocycles. The van der Waals surface area contributed by atoms with E-state index in [9.17, 15) is 10.2 Å². The van der Waals surface area contributed by atoms with Gasteiger partial charge in [0, 0.05) is 0 Å². The molecule has 15 rings (SSSR count). The van der Waals surface area contributed by atoms with Gasteiger partial charge in [-0.3, -0.25) is 0 Å². The van der Waals surface area contributed by atoms with E-state index >= 15 is 0 Å². The minimum absolute atomic E-state index is 0.0437. The molecule has 1 aliphatic rings. The van der Waals surface area contributed by atoms with E-state index in [1.807, 2.05) is 12.1 Å². The van der Waals surface area contributed by atoms with E-state index in [2.05, 4.69) is 206 Å². The number of aliphatic hydroxyl groups excluding tert-OH is 2. The third-order valence-electron chi connectivity index (χ3n) is 16.0. The average Bonchev–Trinajstić information content (AvgIpc) is 3.74. The van der Waals surface area contributed by atoms with Gasteiger partial charge in [0.05, 0.1) is 18.6 Å². The van der Waals surface area contributed by atoms with Crippen LogP contribution in [-0.4, -0.2) is 36.6 Å². The maximum atomic E-state index is 9.54. The summed E-state index contributed by atoms with van der Waals surface area (Å²) in [5.41, 5.74) is 11.2. The molecule has 0 amide bonds. The van der Waals surface area contributed by atoms with Crippen molar-refractivity contribution in [2.45, 2.75) is 5.41 Å². The fraction of sp³-hybridized carbons (Fsp3) is 0.0725. The van der Waals surface area contributed by atoms with Crippen LogP contribution < -0.4 is 9.47 Å². The van der Waals surface area contributed by atoms with Crippen LogP contribution in [0, 0.1) is 0 Å². The fourth-order valence-electron chi connectivity index (χ4n) is 12.9. The van der Waals surface area contributed by atoms with Crippen LogP contribution in [0.1, 0.15) is 22.3 Å². The van der Waals surface area contributed by atoms with Crippen LogP contribution in [0.15, 0.2) is 218 Å². The Kier molecular flexibility index (Phi) is 9.25. The molecule has 0 atom stereocenters. The van der Waals surface area contributed by atoms with Gasteiger partial charge in [0.25, 0.3) is 0 Å².